The van der Waals surface area contributed by atoms with Crippen molar-refractivity contribution in [3.63, 3.8) is 0 Å². The number of nitrogens with one attached hydrogen (secondary N) is 1. The summed E-state index contributed by atoms with van der Waals surface area (Å²) in [7, 11) is 0. The number of hydrogen-bond donors (Lipinski definition) is 1. The minimum absolute atomic E-state index is 0.0678. The molecule has 1 N–H and O–H groups in total. The van der Waals surface area contributed by atoms with Gasteiger partial charge in [0.05, 0.1) is 28.7 Å². The minimum atomic E-state index is -0.562. The van der Waals surface area contributed by atoms with Crippen molar-refractivity contribution in [2.45, 2.75) is 6.54 Å². The van der Waals surface area contributed by atoms with E-state index in [-0.39, 0.29) is 16.3 Å². The zero-order valence-electron chi connectivity index (χ0n) is 14.0. The number of amides is 1. The maximum atomic E-state index is 12.4. The summed E-state index contributed by atoms with van der Waals surface area (Å²) in [5, 5.41) is 13.7. The van der Waals surface area contributed by atoms with Crippen LogP contribution in [0.3, 0.4) is 0 Å². The summed E-state index contributed by atoms with van der Waals surface area (Å²) >= 11 is 6.00. The van der Waals surface area contributed by atoms with Crippen molar-refractivity contribution in [3.8, 4) is 0 Å². The van der Waals surface area contributed by atoms with Crippen LogP contribution in [0.4, 0.5) is 11.4 Å². The highest BCUT2D eigenvalue weighted by Crippen LogP contribution is 2.23. The zero-order chi connectivity index (χ0) is 18.5. The quantitative estimate of drug-likeness (QED) is 0.640. The van der Waals surface area contributed by atoms with E-state index in [0.29, 0.717) is 5.69 Å². The molecule has 2 aromatic rings. The molecular weight excluding hydrogens is 358 g/mol. The third kappa shape index (κ3) is 4.57. The van der Waals surface area contributed by atoms with Crippen LogP contribution < -0.4 is 5.32 Å². The van der Waals surface area contributed by atoms with Gasteiger partial charge in [-0.15, -0.1) is 0 Å². The van der Waals surface area contributed by atoms with E-state index < -0.39 is 10.8 Å². The van der Waals surface area contributed by atoms with Gasteiger partial charge >= 0.3 is 0 Å². The topological polar surface area (TPSA) is 84.7 Å². The summed E-state index contributed by atoms with van der Waals surface area (Å²) in [5.41, 5.74) is 1.63. The number of carbonyl (C=O) groups is 1. The van der Waals surface area contributed by atoms with Crippen LogP contribution in [0.5, 0.6) is 0 Å². The molecule has 1 saturated heterocycles. The second kappa shape index (κ2) is 8.27. The Morgan fingerprint density at radius 3 is 2.54 bits per heavy atom. The number of halogens is 1. The van der Waals surface area contributed by atoms with Crippen molar-refractivity contribution in [3.05, 3.63) is 68.7 Å². The Balaban J connectivity index is 1.66. The van der Waals surface area contributed by atoms with Crippen LogP contribution in [0.1, 0.15) is 15.9 Å². The number of nitro benzene ring substituents is 1. The molecule has 0 atom stereocenters. The lowest BCUT2D eigenvalue weighted by atomic mass is 10.1. The van der Waals surface area contributed by atoms with Gasteiger partial charge in [-0.3, -0.25) is 19.8 Å². The molecule has 1 amide bonds. The Kier molecular flexibility index (Phi) is 5.82. The third-order valence-electron chi connectivity index (χ3n) is 4.13. The molecule has 0 aliphatic carbocycles. The largest absolute Gasteiger partial charge is 0.379 e. The van der Waals surface area contributed by atoms with E-state index in [1.807, 2.05) is 12.1 Å². The average Bonchev–Trinajstić information content (AvgIpc) is 2.64. The number of anilines is 1. The van der Waals surface area contributed by atoms with E-state index in [1.54, 1.807) is 12.1 Å². The van der Waals surface area contributed by atoms with Crippen molar-refractivity contribution in [1.29, 1.82) is 0 Å². The Hall–Kier alpha value is -2.48. The van der Waals surface area contributed by atoms with Gasteiger partial charge in [0, 0.05) is 37.5 Å². The average molecular weight is 376 g/mol. The molecule has 0 aromatic heterocycles. The summed E-state index contributed by atoms with van der Waals surface area (Å²) in [4.78, 5) is 25.0. The van der Waals surface area contributed by atoms with Crippen molar-refractivity contribution in [2.24, 2.45) is 0 Å². The van der Waals surface area contributed by atoms with Crippen molar-refractivity contribution < 1.29 is 14.5 Å². The summed E-state index contributed by atoms with van der Waals surface area (Å²) < 4.78 is 5.33. The predicted molar refractivity (Wildman–Crippen MR) is 98.6 cm³/mol. The van der Waals surface area contributed by atoms with Gasteiger partial charge in [-0.1, -0.05) is 23.7 Å². The van der Waals surface area contributed by atoms with Crippen molar-refractivity contribution >= 4 is 28.9 Å². The van der Waals surface area contributed by atoms with E-state index in [4.69, 9.17) is 16.3 Å². The molecule has 1 aliphatic heterocycles. The first kappa shape index (κ1) is 18.3. The van der Waals surface area contributed by atoms with Crippen LogP contribution in [-0.4, -0.2) is 42.0 Å². The Morgan fingerprint density at radius 1 is 1.19 bits per heavy atom. The number of hydrogen-bond acceptors (Lipinski definition) is 5. The molecule has 0 unspecified atom stereocenters. The van der Waals surface area contributed by atoms with Crippen LogP contribution in [0, 0.1) is 10.1 Å². The molecule has 1 fully saturated rings. The highest BCUT2D eigenvalue weighted by molar-refractivity contribution is 6.34. The number of morpholine rings is 1. The summed E-state index contributed by atoms with van der Waals surface area (Å²) in [6, 6.07) is 11.3. The lowest BCUT2D eigenvalue weighted by molar-refractivity contribution is -0.384. The van der Waals surface area contributed by atoms with Crippen molar-refractivity contribution in [1.82, 2.24) is 4.90 Å². The minimum Gasteiger partial charge on any atom is -0.379 e. The zero-order valence-corrected chi connectivity index (χ0v) is 14.7. The molecule has 3 rings (SSSR count). The second-order valence-corrected chi connectivity index (χ2v) is 6.37. The van der Waals surface area contributed by atoms with Gasteiger partial charge in [-0.25, -0.2) is 0 Å². The number of nitro groups is 1. The van der Waals surface area contributed by atoms with Gasteiger partial charge in [-0.05, 0) is 23.8 Å². The lowest BCUT2D eigenvalue weighted by Gasteiger charge is -2.26. The van der Waals surface area contributed by atoms with E-state index in [2.05, 4.69) is 10.2 Å². The van der Waals surface area contributed by atoms with Gasteiger partial charge in [0.25, 0.3) is 11.6 Å². The second-order valence-electron chi connectivity index (χ2n) is 5.96. The first-order chi connectivity index (χ1) is 12.5. The van der Waals surface area contributed by atoms with Gasteiger partial charge in [0.1, 0.15) is 0 Å². The van der Waals surface area contributed by atoms with E-state index in [0.717, 1.165) is 38.4 Å². The first-order valence-corrected chi connectivity index (χ1v) is 8.55. The molecular formula is C18H18ClN3O4. The van der Waals surface area contributed by atoms with E-state index in [1.165, 1.54) is 18.2 Å². The Labute approximate surface area is 155 Å². The fraction of sp³-hybridized carbons (Fsp3) is 0.278. The first-order valence-electron chi connectivity index (χ1n) is 8.17. The van der Waals surface area contributed by atoms with Crippen LogP contribution >= 0.6 is 11.6 Å². The third-order valence-corrected chi connectivity index (χ3v) is 4.46. The van der Waals surface area contributed by atoms with E-state index >= 15 is 0 Å². The maximum absolute atomic E-state index is 12.4. The monoisotopic (exact) mass is 375 g/mol. The lowest BCUT2D eigenvalue weighted by Crippen LogP contribution is -2.35. The molecule has 8 heteroatoms. The molecule has 0 saturated carbocycles. The molecule has 1 aliphatic rings. The SMILES string of the molecule is O=C(Nc1ccc(CN2CCOCC2)cc1)c1cc([N+](=O)[O-])ccc1Cl. The molecule has 2 aromatic carbocycles. The number of benzene rings is 2. The Bertz CT molecular complexity index is 805. The number of non-ortho nitro benzene ring substituents is 1. The maximum Gasteiger partial charge on any atom is 0.270 e. The van der Waals surface area contributed by atoms with Crippen molar-refractivity contribution in [2.75, 3.05) is 31.6 Å². The highest BCUT2D eigenvalue weighted by Gasteiger charge is 2.16. The van der Waals surface area contributed by atoms with Gasteiger partial charge in [0.15, 0.2) is 0 Å². The van der Waals surface area contributed by atoms with Crippen LogP contribution in [0.25, 0.3) is 0 Å². The molecule has 0 bridgehead atoms. The number of carbonyl (C=O) groups excluding carboxylic acids is 1. The number of rotatable bonds is 5. The Morgan fingerprint density at radius 2 is 1.88 bits per heavy atom. The van der Waals surface area contributed by atoms with Crippen LogP contribution in [0.15, 0.2) is 42.5 Å². The normalized spacial score (nSPS) is 14.8. The molecule has 26 heavy (non-hydrogen) atoms. The van der Waals surface area contributed by atoms with Gasteiger partial charge < -0.3 is 10.1 Å². The van der Waals surface area contributed by atoms with Gasteiger partial charge in [0.2, 0.25) is 0 Å². The molecule has 0 radical (unpaired) electrons. The van der Waals surface area contributed by atoms with Crippen LogP contribution in [-0.2, 0) is 11.3 Å². The summed E-state index contributed by atoms with van der Waals surface area (Å²) in [6.07, 6.45) is 0. The fourth-order valence-corrected chi connectivity index (χ4v) is 2.91. The summed E-state index contributed by atoms with van der Waals surface area (Å²) in [6.45, 7) is 4.14. The molecule has 136 valence electrons. The predicted octanol–water partition coefficient (Wildman–Crippen LogP) is 3.33. The van der Waals surface area contributed by atoms with Crippen LogP contribution in [0.2, 0.25) is 5.02 Å². The smallest absolute Gasteiger partial charge is 0.270 e. The van der Waals surface area contributed by atoms with Gasteiger partial charge in [-0.2, -0.15) is 0 Å². The summed E-state index contributed by atoms with van der Waals surface area (Å²) in [5.74, 6) is -0.486. The number of nitrogens with zero attached hydrogens (tertiary/aromatic N) is 2. The molecule has 0 spiro atoms. The number of ether oxygens (including phenoxy) is 1. The molecule has 1 heterocycles. The standard InChI is InChI=1S/C18H18ClN3O4/c19-17-6-5-15(22(24)25)11-16(17)18(23)20-14-3-1-13(2-4-14)12-21-7-9-26-10-8-21/h1-6,11H,7-10,12H2,(H,20,23). The fourth-order valence-electron chi connectivity index (χ4n) is 2.71. The highest BCUT2D eigenvalue weighted by atomic mass is 35.5. The molecule has 7 nitrogen and oxygen atoms in total. The van der Waals surface area contributed by atoms with E-state index in [9.17, 15) is 14.9 Å².